The molecule has 0 heterocycles. The number of non-ortho nitro benzene ring substituents is 1. The summed E-state index contributed by atoms with van der Waals surface area (Å²) in [5, 5.41) is 13.4. The average molecular weight is 411 g/mol. The lowest BCUT2D eigenvalue weighted by Gasteiger charge is -2.10. The van der Waals surface area contributed by atoms with Crippen molar-refractivity contribution in [2.75, 3.05) is 10.0 Å². The lowest BCUT2D eigenvalue weighted by Crippen LogP contribution is -2.14. The molecular weight excluding hydrogens is 394 g/mol. The molecule has 0 aliphatic carbocycles. The van der Waals surface area contributed by atoms with E-state index in [1.54, 1.807) is 24.3 Å². The predicted octanol–water partition coefficient (Wildman–Crippen LogP) is 3.96. The summed E-state index contributed by atoms with van der Waals surface area (Å²) in [6.07, 6.45) is 0. The third kappa shape index (κ3) is 4.77. The predicted molar refractivity (Wildman–Crippen MR) is 109 cm³/mol. The van der Waals surface area contributed by atoms with Crippen LogP contribution in [0.3, 0.4) is 0 Å². The van der Waals surface area contributed by atoms with Crippen molar-refractivity contribution in [2.24, 2.45) is 0 Å². The average Bonchev–Trinajstić information content (AvgIpc) is 2.69. The van der Waals surface area contributed by atoms with Crippen LogP contribution in [-0.2, 0) is 10.0 Å². The summed E-state index contributed by atoms with van der Waals surface area (Å²) in [6.45, 7) is 1.84. The zero-order valence-electron chi connectivity index (χ0n) is 15.3. The highest BCUT2D eigenvalue weighted by Crippen LogP contribution is 2.21. The van der Waals surface area contributed by atoms with Gasteiger partial charge in [-0.3, -0.25) is 19.6 Å². The second-order valence-electron chi connectivity index (χ2n) is 6.20. The minimum atomic E-state index is -3.90. The van der Waals surface area contributed by atoms with Crippen molar-refractivity contribution in [1.29, 1.82) is 0 Å². The summed E-state index contributed by atoms with van der Waals surface area (Å²) >= 11 is 0. The number of nitrogens with one attached hydrogen (secondary N) is 2. The Balaban J connectivity index is 1.70. The van der Waals surface area contributed by atoms with Crippen molar-refractivity contribution >= 4 is 33.0 Å². The molecule has 0 saturated carbocycles. The first-order valence-corrected chi connectivity index (χ1v) is 9.99. The van der Waals surface area contributed by atoms with Gasteiger partial charge in [0.05, 0.1) is 9.82 Å². The smallest absolute Gasteiger partial charge is 0.269 e. The third-order valence-corrected chi connectivity index (χ3v) is 5.54. The lowest BCUT2D eigenvalue weighted by atomic mass is 10.1. The molecule has 0 aliphatic heterocycles. The normalized spacial score (nSPS) is 10.9. The van der Waals surface area contributed by atoms with Gasteiger partial charge in [0.1, 0.15) is 0 Å². The monoisotopic (exact) mass is 411 g/mol. The summed E-state index contributed by atoms with van der Waals surface area (Å²) in [5.41, 5.74) is 2.00. The molecule has 0 saturated heterocycles. The van der Waals surface area contributed by atoms with Crippen LogP contribution in [0, 0.1) is 17.0 Å². The van der Waals surface area contributed by atoms with Gasteiger partial charge in [-0.15, -0.1) is 0 Å². The molecule has 0 radical (unpaired) electrons. The summed E-state index contributed by atoms with van der Waals surface area (Å²) in [6, 6.07) is 17.9. The van der Waals surface area contributed by atoms with Crippen LogP contribution < -0.4 is 10.0 Å². The first kappa shape index (κ1) is 20.0. The van der Waals surface area contributed by atoms with E-state index >= 15 is 0 Å². The first-order valence-electron chi connectivity index (χ1n) is 8.50. The van der Waals surface area contributed by atoms with Gasteiger partial charge in [0, 0.05) is 29.1 Å². The van der Waals surface area contributed by atoms with E-state index in [-0.39, 0.29) is 22.2 Å². The topological polar surface area (TPSA) is 118 Å². The van der Waals surface area contributed by atoms with Crippen LogP contribution in [0.25, 0.3) is 0 Å². The Hall–Kier alpha value is -3.72. The van der Waals surface area contributed by atoms with E-state index < -0.39 is 14.9 Å². The van der Waals surface area contributed by atoms with Crippen molar-refractivity contribution in [2.45, 2.75) is 11.8 Å². The fourth-order valence-electron chi connectivity index (χ4n) is 2.61. The number of anilines is 2. The molecule has 1 amide bonds. The van der Waals surface area contributed by atoms with Crippen molar-refractivity contribution in [3.05, 3.63) is 94.0 Å². The molecule has 0 aromatic heterocycles. The number of nitro benzene ring substituents is 1. The van der Waals surface area contributed by atoms with Gasteiger partial charge in [-0.1, -0.05) is 18.2 Å². The number of rotatable bonds is 6. The van der Waals surface area contributed by atoms with Gasteiger partial charge in [-0.25, -0.2) is 8.42 Å². The molecule has 9 heteroatoms. The molecule has 29 heavy (non-hydrogen) atoms. The van der Waals surface area contributed by atoms with Crippen LogP contribution in [0.15, 0.2) is 77.7 Å². The van der Waals surface area contributed by atoms with Gasteiger partial charge < -0.3 is 5.32 Å². The van der Waals surface area contributed by atoms with E-state index in [4.69, 9.17) is 0 Å². The largest absolute Gasteiger partial charge is 0.322 e. The summed E-state index contributed by atoms with van der Waals surface area (Å²) in [4.78, 5) is 22.3. The highest BCUT2D eigenvalue weighted by atomic mass is 32.2. The lowest BCUT2D eigenvalue weighted by molar-refractivity contribution is -0.384. The molecule has 0 aliphatic rings. The number of carbonyl (C=O) groups is 1. The maximum atomic E-state index is 12.4. The number of hydrogen-bond acceptors (Lipinski definition) is 5. The van der Waals surface area contributed by atoms with Crippen molar-refractivity contribution in [3.63, 3.8) is 0 Å². The number of nitro groups is 1. The molecule has 0 spiro atoms. The van der Waals surface area contributed by atoms with Crippen LogP contribution in [0.4, 0.5) is 17.1 Å². The fourth-order valence-corrected chi connectivity index (χ4v) is 3.67. The number of nitrogens with zero attached hydrogens (tertiary/aromatic N) is 1. The maximum Gasteiger partial charge on any atom is 0.269 e. The number of amides is 1. The van der Waals surface area contributed by atoms with Gasteiger partial charge >= 0.3 is 0 Å². The van der Waals surface area contributed by atoms with E-state index in [1.165, 1.54) is 12.1 Å². The number of carbonyl (C=O) groups excluding carboxylic acids is 1. The minimum Gasteiger partial charge on any atom is -0.322 e. The number of benzene rings is 3. The van der Waals surface area contributed by atoms with Gasteiger partial charge in [0.15, 0.2) is 0 Å². The molecule has 0 bridgehead atoms. The Morgan fingerprint density at radius 3 is 2.07 bits per heavy atom. The quantitative estimate of drug-likeness (QED) is 0.470. The molecular formula is C20H17N3O5S. The van der Waals surface area contributed by atoms with E-state index in [1.807, 2.05) is 19.1 Å². The Labute approximate surface area is 167 Å². The standard InChI is InChI=1S/C20H17N3O5S/c1-14-4-2-3-5-19(14)20(24)21-15-6-8-16(9-7-15)22-29(27,28)18-12-10-17(11-13-18)23(25)26/h2-13,22H,1H3,(H,21,24). The zero-order chi connectivity index (χ0) is 21.0. The summed E-state index contributed by atoms with van der Waals surface area (Å²) in [5.74, 6) is -0.262. The molecule has 2 N–H and O–H groups in total. The van der Waals surface area contributed by atoms with Crippen LogP contribution >= 0.6 is 0 Å². The van der Waals surface area contributed by atoms with E-state index in [2.05, 4.69) is 10.0 Å². The number of sulfonamides is 1. The number of hydrogen-bond donors (Lipinski definition) is 2. The summed E-state index contributed by atoms with van der Waals surface area (Å²) in [7, 11) is -3.90. The Morgan fingerprint density at radius 1 is 0.897 bits per heavy atom. The maximum absolute atomic E-state index is 12.4. The molecule has 3 aromatic rings. The SMILES string of the molecule is Cc1ccccc1C(=O)Nc1ccc(NS(=O)(=O)c2ccc([N+](=O)[O-])cc2)cc1. The van der Waals surface area contributed by atoms with Crippen molar-refractivity contribution in [1.82, 2.24) is 0 Å². The second kappa shape index (κ2) is 8.11. The molecule has 0 atom stereocenters. The molecule has 3 aromatic carbocycles. The van der Waals surface area contributed by atoms with E-state index in [9.17, 15) is 23.3 Å². The van der Waals surface area contributed by atoms with Crippen molar-refractivity contribution in [3.8, 4) is 0 Å². The minimum absolute atomic E-state index is 0.0972. The fraction of sp³-hybridized carbons (Fsp3) is 0.0500. The molecule has 148 valence electrons. The van der Waals surface area contributed by atoms with Gasteiger partial charge in [-0.05, 0) is 55.0 Å². The van der Waals surface area contributed by atoms with Gasteiger partial charge in [-0.2, -0.15) is 0 Å². The van der Waals surface area contributed by atoms with Crippen LogP contribution in [0.5, 0.6) is 0 Å². The number of aryl methyl sites for hydroxylation is 1. The van der Waals surface area contributed by atoms with E-state index in [0.29, 0.717) is 11.3 Å². The first-order chi connectivity index (χ1) is 13.8. The second-order valence-corrected chi connectivity index (χ2v) is 7.89. The zero-order valence-corrected chi connectivity index (χ0v) is 16.1. The highest BCUT2D eigenvalue weighted by Gasteiger charge is 2.16. The van der Waals surface area contributed by atoms with Crippen molar-refractivity contribution < 1.29 is 18.1 Å². The Morgan fingerprint density at radius 2 is 1.48 bits per heavy atom. The Kier molecular flexibility index (Phi) is 5.60. The molecule has 3 rings (SSSR count). The Bertz CT molecular complexity index is 1160. The van der Waals surface area contributed by atoms with Crippen LogP contribution in [-0.4, -0.2) is 19.2 Å². The molecule has 0 fully saturated rings. The highest BCUT2D eigenvalue weighted by molar-refractivity contribution is 7.92. The van der Waals surface area contributed by atoms with E-state index in [0.717, 1.165) is 29.8 Å². The van der Waals surface area contributed by atoms with Crippen LogP contribution in [0.1, 0.15) is 15.9 Å². The summed E-state index contributed by atoms with van der Waals surface area (Å²) < 4.78 is 27.2. The molecule has 0 unspecified atom stereocenters. The third-order valence-electron chi connectivity index (χ3n) is 4.14. The van der Waals surface area contributed by atoms with Crippen LogP contribution in [0.2, 0.25) is 0 Å². The van der Waals surface area contributed by atoms with Gasteiger partial charge in [0.25, 0.3) is 21.6 Å². The van der Waals surface area contributed by atoms with Gasteiger partial charge in [0.2, 0.25) is 0 Å². The molecule has 8 nitrogen and oxygen atoms in total.